The molecule has 1 aliphatic heterocycles. The van der Waals surface area contributed by atoms with Crippen molar-refractivity contribution in [2.75, 3.05) is 13.1 Å². The van der Waals surface area contributed by atoms with Crippen LogP contribution in [-0.4, -0.2) is 34.8 Å². The highest BCUT2D eigenvalue weighted by atomic mass is 16.2. The van der Waals surface area contributed by atoms with Crippen molar-refractivity contribution in [3.8, 4) is 11.1 Å². The number of likely N-dealkylation sites (tertiary alicyclic amines) is 1. The maximum Gasteiger partial charge on any atom is 0.253 e. The lowest BCUT2D eigenvalue weighted by Gasteiger charge is -2.31. The molecule has 2 heterocycles. The van der Waals surface area contributed by atoms with Crippen LogP contribution in [0.4, 0.5) is 0 Å². The first-order valence-electron chi connectivity index (χ1n) is 10.3. The molecule has 4 rings (SSSR count). The minimum Gasteiger partial charge on any atom is -0.350 e. The Kier molecular flexibility index (Phi) is 6.18. The van der Waals surface area contributed by atoms with E-state index in [1.165, 1.54) is 0 Å². The minimum atomic E-state index is -0.0572. The maximum atomic E-state index is 12.9. The first-order valence-corrected chi connectivity index (χ1v) is 10.3. The Labute approximate surface area is 176 Å². The molecule has 0 unspecified atom stereocenters. The Morgan fingerprint density at radius 2 is 1.53 bits per heavy atom. The average Bonchev–Trinajstić information content (AvgIpc) is 2.83. The quantitative estimate of drug-likeness (QED) is 0.707. The molecule has 2 aromatic carbocycles. The van der Waals surface area contributed by atoms with Crippen LogP contribution in [0.5, 0.6) is 0 Å². The molecule has 5 nitrogen and oxygen atoms in total. The van der Waals surface area contributed by atoms with E-state index in [1.54, 1.807) is 6.20 Å². The van der Waals surface area contributed by atoms with Gasteiger partial charge in [-0.2, -0.15) is 0 Å². The largest absolute Gasteiger partial charge is 0.350 e. The molecular formula is C25H25N3O2. The van der Waals surface area contributed by atoms with Gasteiger partial charge in [-0.25, -0.2) is 0 Å². The third kappa shape index (κ3) is 4.74. The predicted molar refractivity (Wildman–Crippen MR) is 117 cm³/mol. The summed E-state index contributed by atoms with van der Waals surface area (Å²) in [6.45, 7) is 1.63. The number of rotatable bonds is 5. The smallest absolute Gasteiger partial charge is 0.253 e. The van der Waals surface area contributed by atoms with Crippen LogP contribution in [-0.2, 0) is 11.3 Å². The number of hydrogen-bond donors (Lipinski definition) is 1. The topological polar surface area (TPSA) is 62.3 Å². The van der Waals surface area contributed by atoms with Crippen LogP contribution in [0.2, 0.25) is 0 Å². The fourth-order valence-electron chi connectivity index (χ4n) is 3.79. The number of hydrogen-bond acceptors (Lipinski definition) is 3. The third-order valence-corrected chi connectivity index (χ3v) is 5.56. The summed E-state index contributed by atoms with van der Waals surface area (Å²) >= 11 is 0. The van der Waals surface area contributed by atoms with Gasteiger partial charge < -0.3 is 10.2 Å². The number of nitrogens with one attached hydrogen (secondary N) is 1. The van der Waals surface area contributed by atoms with E-state index in [4.69, 9.17) is 0 Å². The molecule has 0 radical (unpaired) electrons. The van der Waals surface area contributed by atoms with Gasteiger partial charge in [0.2, 0.25) is 5.91 Å². The molecule has 0 bridgehead atoms. The van der Waals surface area contributed by atoms with Crippen LogP contribution < -0.4 is 5.32 Å². The molecule has 5 heteroatoms. The summed E-state index contributed by atoms with van der Waals surface area (Å²) in [7, 11) is 0. The number of nitrogens with zero attached hydrogens (tertiary/aromatic N) is 2. The normalized spacial score (nSPS) is 14.3. The predicted octanol–water partition coefficient (Wildman–Crippen LogP) is 3.92. The Bertz CT molecular complexity index is 980. The standard InChI is InChI=1S/C25H25N3O2/c29-24(27-18-23-8-4-5-15-26-23)21-13-16-28(17-14-21)25(30)22-11-9-20(10-12-22)19-6-2-1-3-7-19/h1-12,15,21H,13-14,16-18H2,(H,27,29). The van der Waals surface area contributed by atoms with Crippen molar-refractivity contribution in [2.45, 2.75) is 19.4 Å². The highest BCUT2D eigenvalue weighted by Crippen LogP contribution is 2.22. The second kappa shape index (κ2) is 9.35. The van der Waals surface area contributed by atoms with E-state index in [9.17, 15) is 9.59 Å². The van der Waals surface area contributed by atoms with Crippen LogP contribution >= 0.6 is 0 Å². The van der Waals surface area contributed by atoms with Crippen molar-refractivity contribution in [1.82, 2.24) is 15.2 Å². The summed E-state index contributed by atoms with van der Waals surface area (Å²) in [6.07, 6.45) is 3.09. The van der Waals surface area contributed by atoms with Gasteiger partial charge in [0.15, 0.2) is 0 Å². The molecule has 1 fully saturated rings. The zero-order valence-electron chi connectivity index (χ0n) is 16.8. The van der Waals surface area contributed by atoms with Gasteiger partial charge >= 0.3 is 0 Å². The van der Waals surface area contributed by atoms with Gasteiger partial charge in [-0.3, -0.25) is 14.6 Å². The summed E-state index contributed by atoms with van der Waals surface area (Å²) in [5.41, 5.74) is 3.76. The number of piperidine rings is 1. The van der Waals surface area contributed by atoms with Crippen LogP contribution in [0.1, 0.15) is 28.9 Å². The van der Waals surface area contributed by atoms with Gasteiger partial charge in [0.05, 0.1) is 12.2 Å². The molecule has 30 heavy (non-hydrogen) atoms. The van der Waals surface area contributed by atoms with E-state index in [-0.39, 0.29) is 17.7 Å². The van der Waals surface area contributed by atoms with Crippen molar-refractivity contribution in [3.05, 3.63) is 90.3 Å². The number of aromatic nitrogens is 1. The fourth-order valence-corrected chi connectivity index (χ4v) is 3.79. The zero-order valence-corrected chi connectivity index (χ0v) is 16.8. The van der Waals surface area contributed by atoms with Gasteiger partial charge in [-0.05, 0) is 48.2 Å². The van der Waals surface area contributed by atoms with Crippen molar-refractivity contribution in [2.24, 2.45) is 5.92 Å². The lowest BCUT2D eigenvalue weighted by Crippen LogP contribution is -2.43. The summed E-state index contributed by atoms with van der Waals surface area (Å²) in [5.74, 6) is 0.0140. The second-order valence-corrected chi connectivity index (χ2v) is 7.55. The van der Waals surface area contributed by atoms with Gasteiger partial charge in [0, 0.05) is 30.8 Å². The van der Waals surface area contributed by atoms with Crippen LogP contribution in [0, 0.1) is 5.92 Å². The number of pyridine rings is 1. The van der Waals surface area contributed by atoms with Gasteiger partial charge in [-0.15, -0.1) is 0 Å². The zero-order chi connectivity index (χ0) is 20.8. The lowest BCUT2D eigenvalue weighted by atomic mass is 9.95. The summed E-state index contributed by atoms with van der Waals surface area (Å²) in [5, 5.41) is 2.96. The summed E-state index contributed by atoms with van der Waals surface area (Å²) < 4.78 is 0. The molecule has 0 spiro atoms. The SMILES string of the molecule is O=C(NCc1ccccn1)C1CCN(C(=O)c2ccc(-c3ccccc3)cc2)CC1. The van der Waals surface area contributed by atoms with E-state index < -0.39 is 0 Å². The molecule has 1 aromatic heterocycles. The number of benzene rings is 2. The molecule has 2 amide bonds. The third-order valence-electron chi connectivity index (χ3n) is 5.56. The van der Waals surface area contributed by atoms with E-state index in [2.05, 4.69) is 22.4 Å². The van der Waals surface area contributed by atoms with Gasteiger partial charge in [0.1, 0.15) is 0 Å². The van der Waals surface area contributed by atoms with Crippen molar-refractivity contribution in [1.29, 1.82) is 0 Å². The molecule has 1 N–H and O–H groups in total. The Hall–Kier alpha value is -3.47. The van der Waals surface area contributed by atoms with Crippen molar-refractivity contribution in [3.63, 3.8) is 0 Å². The summed E-state index contributed by atoms with van der Waals surface area (Å²) in [4.78, 5) is 31.4. The Morgan fingerprint density at radius 1 is 0.867 bits per heavy atom. The Morgan fingerprint density at radius 3 is 2.20 bits per heavy atom. The molecule has 1 aliphatic rings. The fraction of sp³-hybridized carbons (Fsp3) is 0.240. The molecule has 0 saturated carbocycles. The van der Waals surface area contributed by atoms with Crippen LogP contribution in [0.25, 0.3) is 11.1 Å². The molecule has 0 atom stereocenters. The number of carbonyl (C=O) groups is 2. The van der Waals surface area contributed by atoms with E-state index in [0.717, 1.165) is 16.8 Å². The molecule has 0 aliphatic carbocycles. The summed E-state index contributed by atoms with van der Waals surface area (Å²) in [6, 6.07) is 23.5. The molecule has 3 aromatic rings. The van der Waals surface area contributed by atoms with E-state index in [0.29, 0.717) is 38.0 Å². The van der Waals surface area contributed by atoms with Gasteiger partial charge in [-0.1, -0.05) is 48.5 Å². The molecule has 152 valence electrons. The van der Waals surface area contributed by atoms with Crippen LogP contribution in [0.3, 0.4) is 0 Å². The molecule has 1 saturated heterocycles. The molecular weight excluding hydrogens is 374 g/mol. The first kappa shape index (κ1) is 19.8. The average molecular weight is 399 g/mol. The lowest BCUT2D eigenvalue weighted by molar-refractivity contribution is -0.126. The van der Waals surface area contributed by atoms with Crippen molar-refractivity contribution < 1.29 is 9.59 Å². The van der Waals surface area contributed by atoms with Crippen molar-refractivity contribution >= 4 is 11.8 Å². The highest BCUT2D eigenvalue weighted by Gasteiger charge is 2.27. The Balaban J connectivity index is 1.29. The van der Waals surface area contributed by atoms with E-state index >= 15 is 0 Å². The van der Waals surface area contributed by atoms with E-state index in [1.807, 2.05) is 65.6 Å². The van der Waals surface area contributed by atoms with Crippen LogP contribution in [0.15, 0.2) is 79.0 Å². The minimum absolute atomic E-state index is 0.0296. The second-order valence-electron chi connectivity index (χ2n) is 7.55. The van der Waals surface area contributed by atoms with Gasteiger partial charge in [0.25, 0.3) is 5.91 Å². The number of amides is 2. The maximum absolute atomic E-state index is 12.9. The monoisotopic (exact) mass is 399 g/mol. The highest BCUT2D eigenvalue weighted by molar-refractivity contribution is 5.95. The first-order chi connectivity index (χ1) is 14.7. The number of carbonyl (C=O) groups excluding carboxylic acids is 2.